The van der Waals surface area contributed by atoms with E-state index in [-0.39, 0.29) is 23.6 Å². The lowest BCUT2D eigenvalue weighted by atomic mass is 10.0. The van der Waals surface area contributed by atoms with Gasteiger partial charge in [-0.3, -0.25) is 19.4 Å². The van der Waals surface area contributed by atoms with E-state index >= 15 is 0 Å². The van der Waals surface area contributed by atoms with Crippen molar-refractivity contribution in [2.24, 2.45) is 5.73 Å². The molecule has 1 aromatic heterocycles. The number of aliphatic carboxylic acids is 1. The molecule has 0 saturated carbocycles. The first kappa shape index (κ1) is 20.6. The van der Waals surface area contributed by atoms with Gasteiger partial charge in [0.1, 0.15) is 22.1 Å². The predicted molar refractivity (Wildman–Crippen MR) is 111 cm³/mol. The molecule has 4 rings (SSSR count). The van der Waals surface area contributed by atoms with Crippen LogP contribution >= 0.6 is 23.1 Å². The first-order chi connectivity index (χ1) is 14.3. The van der Waals surface area contributed by atoms with Crippen LogP contribution in [0.15, 0.2) is 34.4 Å². The van der Waals surface area contributed by atoms with E-state index in [1.807, 2.05) is 0 Å². The quantitative estimate of drug-likeness (QED) is 0.389. The highest BCUT2D eigenvalue weighted by molar-refractivity contribution is 8.00. The number of carboxylic acid groups (broad SMARTS) is 1. The summed E-state index contributed by atoms with van der Waals surface area (Å²) in [5.41, 5.74) is 6.82. The molecule has 2 fully saturated rings. The van der Waals surface area contributed by atoms with E-state index in [2.05, 4.69) is 0 Å². The van der Waals surface area contributed by atoms with Crippen LogP contribution in [0, 0.1) is 0 Å². The summed E-state index contributed by atoms with van der Waals surface area (Å²) in [5.74, 6) is -2.10. The molecule has 0 aliphatic carbocycles. The molecule has 0 spiro atoms. The molecule has 2 amide bonds. The largest absolute Gasteiger partial charge is 0.477 e. The van der Waals surface area contributed by atoms with E-state index in [9.17, 15) is 24.3 Å². The zero-order valence-corrected chi connectivity index (χ0v) is 17.6. The molecule has 0 bridgehead atoms. The van der Waals surface area contributed by atoms with Crippen molar-refractivity contribution in [2.75, 3.05) is 23.8 Å². The van der Waals surface area contributed by atoms with E-state index < -0.39 is 23.9 Å². The Labute approximate surface area is 180 Å². The van der Waals surface area contributed by atoms with Crippen molar-refractivity contribution in [2.45, 2.75) is 24.8 Å². The maximum absolute atomic E-state index is 13.0. The highest BCUT2D eigenvalue weighted by Gasteiger charge is 2.51. The highest BCUT2D eigenvalue weighted by Crippen LogP contribution is 2.41. The van der Waals surface area contributed by atoms with Crippen LogP contribution in [0.3, 0.4) is 0 Å². The average Bonchev–Trinajstić information content (AvgIpc) is 3.34. The summed E-state index contributed by atoms with van der Waals surface area (Å²) < 4.78 is 5.05. The predicted octanol–water partition coefficient (Wildman–Crippen LogP) is 1.17. The number of allylic oxidation sites excluding steroid dienone is 1. The minimum Gasteiger partial charge on any atom is -0.477 e. The molecule has 9 nitrogen and oxygen atoms in total. The molecule has 0 aromatic carbocycles. The topological polar surface area (TPSA) is 130 Å². The number of nitrogens with zero attached hydrogens (tertiary/aromatic N) is 2. The van der Waals surface area contributed by atoms with Crippen molar-refractivity contribution < 1.29 is 29.0 Å². The summed E-state index contributed by atoms with van der Waals surface area (Å²) in [6.07, 6.45) is 1.96. The van der Waals surface area contributed by atoms with Gasteiger partial charge < -0.3 is 15.6 Å². The maximum Gasteiger partial charge on any atom is 0.352 e. The van der Waals surface area contributed by atoms with E-state index in [4.69, 9.17) is 10.5 Å². The Morgan fingerprint density at radius 1 is 1.40 bits per heavy atom. The number of ether oxygens (including phenoxy) is 1. The van der Waals surface area contributed by atoms with Gasteiger partial charge in [0, 0.05) is 17.9 Å². The van der Waals surface area contributed by atoms with E-state index in [0.29, 0.717) is 40.4 Å². The first-order valence-electron chi connectivity index (χ1n) is 9.28. The van der Waals surface area contributed by atoms with Gasteiger partial charge in [-0.1, -0.05) is 0 Å². The van der Waals surface area contributed by atoms with E-state index in [1.165, 1.54) is 32.9 Å². The normalized spacial score (nSPS) is 24.9. The second-order valence-electron chi connectivity index (χ2n) is 6.85. The Bertz CT molecular complexity index is 1010. The van der Waals surface area contributed by atoms with Crippen LogP contribution in [-0.4, -0.2) is 64.1 Å². The lowest BCUT2D eigenvalue weighted by molar-refractivity contribution is -0.147. The number of carbonyl (C=O) groups excluding carboxylic acids is 3. The minimum atomic E-state index is -1.22. The number of thioether (sulfide) groups is 1. The Morgan fingerprint density at radius 2 is 2.17 bits per heavy atom. The van der Waals surface area contributed by atoms with Crippen LogP contribution in [0.4, 0.5) is 5.00 Å². The van der Waals surface area contributed by atoms with Gasteiger partial charge in [0.2, 0.25) is 5.91 Å². The summed E-state index contributed by atoms with van der Waals surface area (Å²) in [6.45, 7) is 2.31. The molecule has 3 N–H and O–H groups in total. The molecule has 1 aromatic rings. The third-order valence-electron chi connectivity index (χ3n) is 5.10. The van der Waals surface area contributed by atoms with Gasteiger partial charge in [-0.2, -0.15) is 0 Å². The van der Waals surface area contributed by atoms with Crippen LogP contribution < -0.4 is 10.6 Å². The highest BCUT2D eigenvalue weighted by atomic mass is 32.2. The summed E-state index contributed by atoms with van der Waals surface area (Å²) in [4.78, 5) is 51.7. The Morgan fingerprint density at radius 3 is 2.87 bits per heavy atom. The third kappa shape index (κ3) is 3.22. The summed E-state index contributed by atoms with van der Waals surface area (Å²) in [6, 6.07) is 0.914. The van der Waals surface area contributed by atoms with Crippen LogP contribution in [0.5, 0.6) is 0 Å². The number of nitrogens with two attached hydrogens (primary N) is 1. The van der Waals surface area contributed by atoms with Gasteiger partial charge >= 0.3 is 11.9 Å². The molecule has 3 aliphatic heterocycles. The molecule has 4 heterocycles. The molecule has 2 atom stereocenters. The Hall–Kier alpha value is -2.63. The Kier molecular flexibility index (Phi) is 5.43. The fourth-order valence-electron chi connectivity index (χ4n) is 3.68. The maximum atomic E-state index is 13.0. The summed E-state index contributed by atoms with van der Waals surface area (Å²) in [7, 11) is 0. The number of hydrogen-bond acceptors (Lipinski definition) is 8. The van der Waals surface area contributed by atoms with Gasteiger partial charge in [-0.15, -0.1) is 23.1 Å². The fraction of sp³-hybridized carbons (Fsp3) is 0.368. The first-order valence-corrected chi connectivity index (χ1v) is 11.2. The van der Waals surface area contributed by atoms with E-state index in [0.717, 1.165) is 0 Å². The number of β-lactam (4-membered cyclic amide) rings is 1. The van der Waals surface area contributed by atoms with Crippen LogP contribution in [0.1, 0.15) is 23.7 Å². The standard InChI is InChI=1S/C19H19N3O6S2/c1-2-28-19(27)11-4-6-29-16(11)21-5-3-9(14(21)23)7-10-8-30-17-12(20)15(24)22(17)13(10)18(25)26/h4,6-7,12,17H,2-3,5,8,20H2,1H3,(H,25,26)/t12-,17-/m1/s1. The third-order valence-corrected chi connectivity index (χ3v) is 7.36. The molecule has 0 unspecified atom stereocenters. The van der Waals surface area contributed by atoms with Crippen molar-refractivity contribution >= 4 is 51.9 Å². The van der Waals surface area contributed by atoms with Crippen LogP contribution in [0.2, 0.25) is 0 Å². The van der Waals surface area contributed by atoms with Gasteiger partial charge in [0.15, 0.2) is 0 Å². The average molecular weight is 450 g/mol. The lowest BCUT2D eigenvalue weighted by Gasteiger charge is -2.47. The zero-order chi connectivity index (χ0) is 21.6. The second kappa shape index (κ2) is 7.89. The molecule has 158 valence electrons. The minimum absolute atomic E-state index is 0.118. The monoisotopic (exact) mass is 449 g/mol. The number of thiophene rings is 1. The molecule has 0 radical (unpaired) electrons. The van der Waals surface area contributed by atoms with Gasteiger partial charge in [0.25, 0.3) is 5.91 Å². The van der Waals surface area contributed by atoms with Crippen LogP contribution in [0.25, 0.3) is 0 Å². The Balaban J connectivity index is 1.63. The summed E-state index contributed by atoms with van der Waals surface area (Å²) in [5, 5.41) is 11.5. The zero-order valence-electron chi connectivity index (χ0n) is 16.0. The van der Waals surface area contributed by atoms with Crippen molar-refractivity contribution in [1.29, 1.82) is 0 Å². The van der Waals surface area contributed by atoms with Crippen molar-refractivity contribution in [1.82, 2.24) is 4.90 Å². The lowest BCUT2D eigenvalue weighted by Crippen LogP contribution is -2.68. The molecule has 11 heteroatoms. The van der Waals surface area contributed by atoms with Gasteiger partial charge in [0.05, 0.1) is 12.2 Å². The number of carbonyl (C=O) groups is 4. The SMILES string of the molecule is CCOC(=O)c1ccsc1N1CCC(=CC2=C(C(=O)O)N3C(=O)[C@@H](N)[C@H]3SC2)C1=O. The number of anilines is 1. The van der Waals surface area contributed by atoms with Crippen molar-refractivity contribution in [3.63, 3.8) is 0 Å². The van der Waals surface area contributed by atoms with Crippen molar-refractivity contribution in [3.8, 4) is 0 Å². The molecule has 30 heavy (non-hydrogen) atoms. The smallest absolute Gasteiger partial charge is 0.352 e. The van der Waals surface area contributed by atoms with Gasteiger partial charge in [-0.25, -0.2) is 9.59 Å². The van der Waals surface area contributed by atoms with E-state index in [1.54, 1.807) is 24.4 Å². The van der Waals surface area contributed by atoms with Crippen LogP contribution in [-0.2, 0) is 19.1 Å². The van der Waals surface area contributed by atoms with Gasteiger partial charge in [-0.05, 0) is 36.4 Å². The number of fused-ring (bicyclic) bond motifs is 1. The number of carboxylic acids is 1. The summed E-state index contributed by atoms with van der Waals surface area (Å²) >= 11 is 2.65. The number of hydrogen-bond donors (Lipinski definition) is 2. The fourth-order valence-corrected chi connectivity index (χ4v) is 5.84. The number of esters is 1. The number of rotatable bonds is 5. The molecule has 3 aliphatic rings. The molecular weight excluding hydrogens is 430 g/mol. The van der Waals surface area contributed by atoms with Crippen molar-refractivity contribution in [3.05, 3.63) is 39.9 Å². The molecular formula is C19H19N3O6S2. The second-order valence-corrected chi connectivity index (χ2v) is 8.85. The molecule has 2 saturated heterocycles. The number of amides is 2.